The summed E-state index contributed by atoms with van der Waals surface area (Å²) >= 11 is 0. The highest BCUT2D eigenvalue weighted by Crippen LogP contribution is 2.02. The third-order valence-corrected chi connectivity index (χ3v) is 2.40. The van der Waals surface area contributed by atoms with Crippen LogP contribution >= 0.6 is 0 Å². The minimum Gasteiger partial charge on any atom is -0.396 e. The molecule has 0 bridgehead atoms. The van der Waals surface area contributed by atoms with Crippen LogP contribution in [0.3, 0.4) is 0 Å². The number of carbonyl (C=O) groups is 1. The first-order valence-electron chi connectivity index (χ1n) is 5.52. The van der Waals surface area contributed by atoms with Crippen LogP contribution in [0.25, 0.3) is 0 Å². The zero-order valence-electron chi connectivity index (χ0n) is 10.1. The molecule has 6 heteroatoms. The van der Waals surface area contributed by atoms with Gasteiger partial charge in [-0.05, 0) is 13.8 Å². The lowest BCUT2D eigenvalue weighted by Gasteiger charge is -2.21. The SMILES string of the molecule is CCN(CC(C)C#N)C(=O)Cn1cc(N)cn1. The Morgan fingerprint density at radius 2 is 2.47 bits per heavy atom. The fraction of sp³-hybridized carbons (Fsp3) is 0.545. The van der Waals surface area contributed by atoms with Gasteiger partial charge in [0, 0.05) is 19.3 Å². The number of anilines is 1. The lowest BCUT2D eigenvalue weighted by Crippen LogP contribution is -2.36. The largest absolute Gasteiger partial charge is 0.396 e. The number of nitrogens with zero attached hydrogens (tertiary/aromatic N) is 4. The molecule has 0 aliphatic carbocycles. The molecule has 2 N–H and O–H groups in total. The maximum atomic E-state index is 11.9. The van der Waals surface area contributed by atoms with Gasteiger partial charge in [0.25, 0.3) is 0 Å². The number of carbonyl (C=O) groups excluding carboxylic acids is 1. The highest BCUT2D eigenvalue weighted by atomic mass is 16.2. The van der Waals surface area contributed by atoms with Crippen LogP contribution in [0.2, 0.25) is 0 Å². The Labute approximate surface area is 101 Å². The third kappa shape index (κ3) is 3.79. The zero-order valence-corrected chi connectivity index (χ0v) is 10.1. The van der Waals surface area contributed by atoms with Crippen molar-refractivity contribution in [2.24, 2.45) is 5.92 Å². The van der Waals surface area contributed by atoms with Crippen LogP contribution in [0.4, 0.5) is 5.69 Å². The van der Waals surface area contributed by atoms with Crippen molar-refractivity contribution in [3.8, 4) is 6.07 Å². The molecule has 1 heterocycles. The Bertz CT molecular complexity index is 420. The first-order chi connectivity index (χ1) is 8.06. The average molecular weight is 235 g/mol. The summed E-state index contributed by atoms with van der Waals surface area (Å²) < 4.78 is 1.50. The second-order valence-corrected chi connectivity index (χ2v) is 3.93. The van der Waals surface area contributed by atoms with E-state index in [1.807, 2.05) is 6.92 Å². The highest BCUT2D eigenvalue weighted by Gasteiger charge is 2.15. The van der Waals surface area contributed by atoms with Crippen molar-refractivity contribution in [1.29, 1.82) is 5.26 Å². The molecular weight excluding hydrogens is 218 g/mol. The summed E-state index contributed by atoms with van der Waals surface area (Å²) in [4.78, 5) is 13.6. The molecule has 1 aromatic rings. The van der Waals surface area contributed by atoms with E-state index in [0.717, 1.165) is 0 Å². The van der Waals surface area contributed by atoms with E-state index in [4.69, 9.17) is 11.0 Å². The Balaban J connectivity index is 2.58. The number of rotatable bonds is 5. The predicted octanol–water partition coefficient (Wildman–Crippen LogP) is 0.473. The fourth-order valence-electron chi connectivity index (χ4n) is 1.48. The maximum absolute atomic E-state index is 11.9. The minimum atomic E-state index is -0.165. The first-order valence-corrected chi connectivity index (χ1v) is 5.52. The Hall–Kier alpha value is -2.03. The lowest BCUT2D eigenvalue weighted by molar-refractivity contribution is -0.132. The monoisotopic (exact) mass is 235 g/mol. The second-order valence-electron chi connectivity index (χ2n) is 3.93. The van der Waals surface area contributed by atoms with Crippen molar-refractivity contribution in [3.63, 3.8) is 0 Å². The van der Waals surface area contributed by atoms with Gasteiger partial charge in [0.05, 0.1) is 23.9 Å². The molecule has 92 valence electrons. The van der Waals surface area contributed by atoms with Gasteiger partial charge >= 0.3 is 0 Å². The molecule has 0 aliphatic heterocycles. The molecule has 0 fully saturated rings. The van der Waals surface area contributed by atoms with Crippen molar-refractivity contribution in [2.45, 2.75) is 20.4 Å². The van der Waals surface area contributed by atoms with E-state index in [1.165, 1.54) is 10.9 Å². The number of nitrogens with two attached hydrogens (primary N) is 1. The van der Waals surface area contributed by atoms with Gasteiger partial charge < -0.3 is 10.6 Å². The minimum absolute atomic E-state index is 0.0577. The van der Waals surface area contributed by atoms with Crippen molar-refractivity contribution >= 4 is 11.6 Å². The molecule has 0 aliphatic rings. The van der Waals surface area contributed by atoms with Crippen molar-refractivity contribution in [3.05, 3.63) is 12.4 Å². The molecule has 1 aromatic heterocycles. The van der Waals surface area contributed by atoms with Crippen LogP contribution in [0.5, 0.6) is 0 Å². The normalized spacial score (nSPS) is 11.8. The summed E-state index contributed by atoms with van der Waals surface area (Å²) in [6.45, 7) is 4.87. The highest BCUT2D eigenvalue weighted by molar-refractivity contribution is 5.76. The third-order valence-electron chi connectivity index (χ3n) is 2.40. The molecule has 0 saturated carbocycles. The van der Waals surface area contributed by atoms with Gasteiger partial charge in [0.1, 0.15) is 6.54 Å². The van der Waals surface area contributed by atoms with Crippen molar-refractivity contribution in [1.82, 2.24) is 14.7 Å². The predicted molar refractivity (Wildman–Crippen MR) is 63.7 cm³/mol. The van der Waals surface area contributed by atoms with Gasteiger partial charge in [-0.3, -0.25) is 9.48 Å². The first kappa shape index (κ1) is 13.0. The van der Waals surface area contributed by atoms with Crippen LogP contribution in [-0.4, -0.2) is 33.7 Å². The molecule has 0 aromatic carbocycles. The number of amides is 1. The Morgan fingerprint density at radius 3 is 2.94 bits per heavy atom. The fourth-order valence-corrected chi connectivity index (χ4v) is 1.48. The molecule has 6 nitrogen and oxygen atoms in total. The van der Waals surface area contributed by atoms with Crippen molar-refractivity contribution in [2.75, 3.05) is 18.8 Å². The Morgan fingerprint density at radius 1 is 1.76 bits per heavy atom. The zero-order chi connectivity index (χ0) is 12.8. The molecular formula is C11H17N5O. The van der Waals surface area contributed by atoms with Crippen LogP contribution in [0.1, 0.15) is 13.8 Å². The van der Waals surface area contributed by atoms with Crippen LogP contribution < -0.4 is 5.73 Å². The lowest BCUT2D eigenvalue weighted by atomic mass is 10.2. The number of nitriles is 1. The van der Waals surface area contributed by atoms with Crippen LogP contribution in [-0.2, 0) is 11.3 Å². The molecule has 1 unspecified atom stereocenters. The average Bonchev–Trinajstić information content (AvgIpc) is 2.70. The van der Waals surface area contributed by atoms with Gasteiger partial charge in [0.15, 0.2) is 0 Å². The van der Waals surface area contributed by atoms with Gasteiger partial charge in [-0.2, -0.15) is 10.4 Å². The molecule has 0 radical (unpaired) electrons. The molecule has 1 amide bonds. The summed E-state index contributed by atoms with van der Waals surface area (Å²) in [6, 6.07) is 2.12. The maximum Gasteiger partial charge on any atom is 0.244 e. The van der Waals surface area contributed by atoms with E-state index < -0.39 is 0 Å². The van der Waals surface area contributed by atoms with Gasteiger partial charge in [-0.15, -0.1) is 0 Å². The molecule has 17 heavy (non-hydrogen) atoms. The standard InChI is InChI=1S/C11H17N5O/c1-3-15(6-9(2)4-12)11(17)8-16-7-10(13)5-14-16/h5,7,9H,3,6,8,13H2,1-2H3. The topological polar surface area (TPSA) is 87.9 Å². The van der Waals surface area contributed by atoms with E-state index in [1.54, 1.807) is 18.0 Å². The number of aromatic nitrogens is 2. The van der Waals surface area contributed by atoms with Crippen LogP contribution in [0.15, 0.2) is 12.4 Å². The van der Waals surface area contributed by atoms with Gasteiger partial charge in [0.2, 0.25) is 5.91 Å². The smallest absolute Gasteiger partial charge is 0.244 e. The van der Waals surface area contributed by atoms with Gasteiger partial charge in [-0.25, -0.2) is 0 Å². The van der Waals surface area contributed by atoms with E-state index in [2.05, 4.69) is 11.2 Å². The van der Waals surface area contributed by atoms with E-state index >= 15 is 0 Å². The van der Waals surface area contributed by atoms with E-state index in [-0.39, 0.29) is 18.4 Å². The number of hydrogen-bond donors (Lipinski definition) is 1. The summed E-state index contributed by atoms with van der Waals surface area (Å²) in [6.07, 6.45) is 3.11. The number of hydrogen-bond acceptors (Lipinski definition) is 4. The van der Waals surface area contributed by atoms with E-state index in [0.29, 0.717) is 18.8 Å². The summed E-state index contributed by atoms with van der Waals surface area (Å²) in [5, 5.41) is 12.7. The second kappa shape index (κ2) is 5.89. The summed E-state index contributed by atoms with van der Waals surface area (Å²) in [5.41, 5.74) is 6.05. The number of likely N-dealkylation sites (N-methyl/N-ethyl adjacent to an activating group) is 1. The molecule has 0 saturated heterocycles. The van der Waals surface area contributed by atoms with Crippen LogP contribution in [0, 0.1) is 17.2 Å². The van der Waals surface area contributed by atoms with E-state index in [9.17, 15) is 4.79 Å². The van der Waals surface area contributed by atoms with Crippen molar-refractivity contribution < 1.29 is 4.79 Å². The molecule has 1 atom stereocenters. The molecule has 1 rings (SSSR count). The Kier molecular flexibility index (Phi) is 4.52. The number of nitrogen functional groups attached to an aromatic ring is 1. The summed E-state index contributed by atoms with van der Waals surface area (Å²) in [5.74, 6) is -0.223. The molecule has 0 spiro atoms. The van der Waals surface area contributed by atoms with Gasteiger partial charge in [-0.1, -0.05) is 0 Å². The summed E-state index contributed by atoms with van der Waals surface area (Å²) in [7, 11) is 0. The quantitative estimate of drug-likeness (QED) is 0.803.